The minimum Gasteiger partial charge on any atom is -0.352 e. The Morgan fingerprint density at radius 2 is 1.49 bits per heavy atom. The lowest BCUT2D eigenvalue weighted by Gasteiger charge is -2.33. The van der Waals surface area contributed by atoms with Crippen molar-refractivity contribution < 1.29 is 18.0 Å². The summed E-state index contributed by atoms with van der Waals surface area (Å²) >= 11 is 3.43. The zero-order chi connectivity index (χ0) is 27.8. The smallest absolute Gasteiger partial charge is 0.264 e. The molecule has 1 atom stereocenters. The van der Waals surface area contributed by atoms with E-state index in [1.165, 1.54) is 23.5 Å². The van der Waals surface area contributed by atoms with E-state index < -0.39 is 28.5 Å². The predicted octanol–water partition coefficient (Wildman–Crippen LogP) is 5.51. The highest BCUT2D eigenvalue weighted by Crippen LogP contribution is 2.25. The summed E-state index contributed by atoms with van der Waals surface area (Å²) in [4.78, 5) is 28.8. The second-order valence-corrected chi connectivity index (χ2v) is 12.6. The number of carbonyl (C=O) groups is 2. The third-order valence-electron chi connectivity index (χ3n) is 7.04. The van der Waals surface area contributed by atoms with Crippen LogP contribution in [0.15, 0.2) is 94.3 Å². The number of rotatable bonds is 10. The third-order valence-corrected chi connectivity index (χ3v) is 9.36. The molecule has 0 spiro atoms. The summed E-state index contributed by atoms with van der Waals surface area (Å²) in [5, 5.41) is 3.12. The van der Waals surface area contributed by atoms with Crippen molar-refractivity contribution in [2.24, 2.45) is 0 Å². The molecule has 0 saturated heterocycles. The van der Waals surface area contributed by atoms with Gasteiger partial charge >= 0.3 is 0 Å². The normalized spacial score (nSPS) is 14.8. The third kappa shape index (κ3) is 7.48. The van der Waals surface area contributed by atoms with E-state index >= 15 is 0 Å². The first-order valence-corrected chi connectivity index (χ1v) is 15.5. The average Bonchev–Trinajstić information content (AvgIpc) is 2.96. The van der Waals surface area contributed by atoms with Crippen LogP contribution in [0.25, 0.3) is 0 Å². The van der Waals surface area contributed by atoms with Gasteiger partial charge in [-0.25, -0.2) is 8.42 Å². The van der Waals surface area contributed by atoms with E-state index in [4.69, 9.17) is 0 Å². The van der Waals surface area contributed by atoms with Crippen LogP contribution in [0.1, 0.15) is 44.6 Å². The molecule has 39 heavy (non-hydrogen) atoms. The van der Waals surface area contributed by atoms with Crippen LogP contribution in [-0.4, -0.2) is 43.8 Å². The van der Waals surface area contributed by atoms with E-state index in [0.29, 0.717) is 5.69 Å². The maximum absolute atomic E-state index is 13.9. The molecule has 7 nitrogen and oxygen atoms in total. The molecule has 0 radical (unpaired) electrons. The number of nitrogens with zero attached hydrogens (tertiary/aromatic N) is 2. The number of benzene rings is 3. The summed E-state index contributed by atoms with van der Waals surface area (Å²) in [6.45, 7) is 1.42. The molecule has 3 aromatic carbocycles. The Morgan fingerprint density at radius 3 is 2.10 bits per heavy atom. The minimum absolute atomic E-state index is 0.0872. The van der Waals surface area contributed by atoms with Crippen molar-refractivity contribution in [3.63, 3.8) is 0 Å². The van der Waals surface area contributed by atoms with E-state index in [1.807, 2.05) is 24.3 Å². The van der Waals surface area contributed by atoms with Crippen LogP contribution in [0, 0.1) is 0 Å². The van der Waals surface area contributed by atoms with Gasteiger partial charge in [0.05, 0.1) is 10.6 Å². The number of para-hydroxylation sites is 1. The molecule has 0 bridgehead atoms. The van der Waals surface area contributed by atoms with Crippen LogP contribution in [0.2, 0.25) is 0 Å². The molecule has 9 heteroatoms. The highest BCUT2D eigenvalue weighted by Gasteiger charge is 2.33. The van der Waals surface area contributed by atoms with Crippen molar-refractivity contribution in [3.05, 3.63) is 95.0 Å². The molecule has 4 rings (SSSR count). The van der Waals surface area contributed by atoms with Crippen molar-refractivity contribution in [3.8, 4) is 0 Å². The maximum Gasteiger partial charge on any atom is 0.264 e. The Hall–Kier alpha value is -3.17. The number of sulfonamides is 1. The Labute approximate surface area is 239 Å². The molecule has 3 aromatic rings. The second-order valence-electron chi connectivity index (χ2n) is 9.83. The molecule has 206 valence electrons. The Morgan fingerprint density at radius 1 is 0.897 bits per heavy atom. The molecule has 1 aliphatic rings. The van der Waals surface area contributed by atoms with Crippen LogP contribution < -0.4 is 9.62 Å². The first kappa shape index (κ1) is 28.8. The Balaban J connectivity index is 1.64. The van der Waals surface area contributed by atoms with Gasteiger partial charge in [-0.15, -0.1) is 0 Å². The van der Waals surface area contributed by atoms with E-state index in [9.17, 15) is 18.0 Å². The van der Waals surface area contributed by atoms with Crippen LogP contribution in [-0.2, 0) is 26.2 Å². The first-order valence-electron chi connectivity index (χ1n) is 13.2. The molecule has 2 amide bonds. The maximum atomic E-state index is 13.9. The summed E-state index contributed by atoms with van der Waals surface area (Å²) in [5.41, 5.74) is 1.21. The second kappa shape index (κ2) is 13.3. The average molecular weight is 613 g/mol. The monoisotopic (exact) mass is 611 g/mol. The van der Waals surface area contributed by atoms with Crippen molar-refractivity contribution in [2.45, 2.75) is 62.6 Å². The fourth-order valence-corrected chi connectivity index (χ4v) is 6.48. The number of carbonyl (C=O) groups excluding carboxylic acids is 2. The van der Waals surface area contributed by atoms with Crippen LogP contribution in [0.5, 0.6) is 0 Å². The highest BCUT2D eigenvalue weighted by molar-refractivity contribution is 9.10. The van der Waals surface area contributed by atoms with Crippen LogP contribution >= 0.6 is 15.9 Å². The summed E-state index contributed by atoms with van der Waals surface area (Å²) in [7, 11) is -4.05. The van der Waals surface area contributed by atoms with E-state index in [-0.39, 0.29) is 23.4 Å². The summed E-state index contributed by atoms with van der Waals surface area (Å²) in [5.74, 6) is -0.697. The number of nitrogens with one attached hydrogen (secondary N) is 1. The van der Waals surface area contributed by atoms with Crippen LogP contribution in [0.3, 0.4) is 0 Å². The summed E-state index contributed by atoms with van der Waals surface area (Å²) < 4.78 is 29.5. The van der Waals surface area contributed by atoms with Crippen molar-refractivity contribution in [2.75, 3.05) is 10.8 Å². The van der Waals surface area contributed by atoms with Gasteiger partial charge in [0.2, 0.25) is 11.8 Å². The lowest BCUT2D eigenvalue weighted by atomic mass is 9.95. The van der Waals surface area contributed by atoms with Crippen molar-refractivity contribution in [1.29, 1.82) is 0 Å². The lowest BCUT2D eigenvalue weighted by molar-refractivity contribution is -0.139. The fraction of sp³-hybridized carbons (Fsp3) is 0.333. The number of halogens is 1. The van der Waals surface area contributed by atoms with Gasteiger partial charge in [-0.05, 0) is 61.7 Å². The molecule has 1 N–H and O–H groups in total. The van der Waals surface area contributed by atoms with Gasteiger partial charge in [0, 0.05) is 17.1 Å². The predicted molar refractivity (Wildman–Crippen MR) is 157 cm³/mol. The van der Waals surface area contributed by atoms with Gasteiger partial charge in [-0.2, -0.15) is 0 Å². The van der Waals surface area contributed by atoms with Crippen molar-refractivity contribution >= 4 is 43.5 Å². The van der Waals surface area contributed by atoms with Crippen molar-refractivity contribution in [1.82, 2.24) is 10.2 Å². The number of amides is 2. The number of hydrogen-bond acceptors (Lipinski definition) is 4. The van der Waals surface area contributed by atoms with E-state index in [2.05, 4.69) is 21.2 Å². The quantitative estimate of drug-likeness (QED) is 0.327. The molecule has 1 unspecified atom stereocenters. The van der Waals surface area contributed by atoms with Gasteiger partial charge in [0.25, 0.3) is 10.0 Å². The molecule has 0 aliphatic heterocycles. The topological polar surface area (TPSA) is 86.8 Å². The zero-order valence-electron chi connectivity index (χ0n) is 22.0. The molecular formula is C30H34BrN3O4S. The van der Waals surface area contributed by atoms with Gasteiger partial charge in [-0.1, -0.05) is 83.7 Å². The highest BCUT2D eigenvalue weighted by atomic mass is 79.9. The molecule has 1 aliphatic carbocycles. The van der Waals surface area contributed by atoms with Gasteiger partial charge in [-0.3, -0.25) is 13.9 Å². The SMILES string of the molecule is CC(C(=O)NC1CCCCC1)N(Cc1ccc(Br)cc1)C(=O)CN(c1ccccc1)S(=O)(=O)c1ccccc1. The molecule has 0 aromatic heterocycles. The van der Waals surface area contributed by atoms with Gasteiger partial charge in [0.1, 0.15) is 12.6 Å². The number of hydrogen-bond donors (Lipinski definition) is 1. The van der Waals surface area contributed by atoms with E-state index in [0.717, 1.165) is 40.0 Å². The minimum atomic E-state index is -4.05. The number of anilines is 1. The van der Waals surface area contributed by atoms with Gasteiger partial charge < -0.3 is 10.2 Å². The molecule has 1 fully saturated rings. The molecule has 0 heterocycles. The summed E-state index contributed by atoms with van der Waals surface area (Å²) in [6, 6.07) is 23.4. The molecular weight excluding hydrogens is 578 g/mol. The zero-order valence-corrected chi connectivity index (χ0v) is 24.4. The fourth-order valence-electron chi connectivity index (χ4n) is 4.78. The Kier molecular flexibility index (Phi) is 9.80. The standard InChI is InChI=1S/C30H34BrN3O4S/c1-23(30(36)32-26-11-5-2-6-12-26)33(21-24-17-19-25(31)20-18-24)29(35)22-34(27-13-7-3-8-14-27)39(37,38)28-15-9-4-10-16-28/h3-4,7-10,13-20,23,26H,2,5-6,11-12,21-22H2,1H3,(H,32,36). The largest absolute Gasteiger partial charge is 0.352 e. The van der Waals surface area contributed by atoms with Gasteiger partial charge in [0.15, 0.2) is 0 Å². The summed E-state index contributed by atoms with van der Waals surface area (Å²) in [6.07, 6.45) is 5.17. The molecule has 1 saturated carbocycles. The Bertz CT molecular complexity index is 1350. The van der Waals surface area contributed by atoms with E-state index in [1.54, 1.807) is 55.5 Å². The lowest BCUT2D eigenvalue weighted by Crippen LogP contribution is -2.53. The first-order chi connectivity index (χ1) is 18.8. The van der Waals surface area contributed by atoms with Crippen LogP contribution in [0.4, 0.5) is 5.69 Å².